The summed E-state index contributed by atoms with van der Waals surface area (Å²) in [6.45, 7) is 4.94. The highest BCUT2D eigenvalue weighted by Crippen LogP contribution is 2.28. The van der Waals surface area contributed by atoms with Crippen molar-refractivity contribution in [1.82, 2.24) is 10.2 Å². The number of likely N-dealkylation sites (tertiary alicyclic amines) is 1. The van der Waals surface area contributed by atoms with E-state index >= 15 is 0 Å². The van der Waals surface area contributed by atoms with Gasteiger partial charge in [0.1, 0.15) is 5.76 Å². The third kappa shape index (κ3) is 6.12. The molecule has 158 valence electrons. The van der Waals surface area contributed by atoms with Crippen molar-refractivity contribution < 1.29 is 9.15 Å². The summed E-state index contributed by atoms with van der Waals surface area (Å²) in [6, 6.07) is 4.01. The summed E-state index contributed by atoms with van der Waals surface area (Å²) in [7, 11) is 0. The van der Waals surface area contributed by atoms with Crippen molar-refractivity contribution in [2.75, 3.05) is 32.8 Å². The second kappa shape index (κ2) is 11.4. The van der Waals surface area contributed by atoms with Crippen LogP contribution in [0.1, 0.15) is 57.1 Å². The zero-order chi connectivity index (χ0) is 18.3. The van der Waals surface area contributed by atoms with Crippen LogP contribution in [0.4, 0.5) is 0 Å². The Bertz CT molecular complexity index is 587. The number of aliphatic imine (C=N–C) groups is 1. The lowest BCUT2D eigenvalue weighted by Gasteiger charge is -2.42. The van der Waals surface area contributed by atoms with Crippen molar-refractivity contribution in [2.45, 2.75) is 63.9 Å². The van der Waals surface area contributed by atoms with Crippen molar-refractivity contribution in [3.63, 3.8) is 0 Å². The first-order valence-corrected chi connectivity index (χ1v) is 11.1. The van der Waals surface area contributed by atoms with Gasteiger partial charge in [0, 0.05) is 45.1 Å². The van der Waals surface area contributed by atoms with Crippen LogP contribution in [0.2, 0.25) is 0 Å². The fourth-order valence-electron chi connectivity index (χ4n) is 4.89. The SMILES string of the molecule is I.c1coc(CCNC(=NCC2CCCCC2)N2CCC3OCCCC3C2)c1. The zero-order valence-corrected chi connectivity index (χ0v) is 19.3. The van der Waals surface area contributed by atoms with Gasteiger partial charge in [-0.1, -0.05) is 19.3 Å². The number of nitrogens with one attached hydrogen (secondary N) is 1. The summed E-state index contributed by atoms with van der Waals surface area (Å²) >= 11 is 0. The molecule has 6 heteroatoms. The summed E-state index contributed by atoms with van der Waals surface area (Å²) in [6.07, 6.45) is 13.6. The molecule has 2 atom stereocenters. The van der Waals surface area contributed by atoms with Gasteiger partial charge in [-0.15, -0.1) is 24.0 Å². The molecule has 0 aromatic carbocycles. The lowest BCUT2D eigenvalue weighted by Crippen LogP contribution is -2.52. The summed E-state index contributed by atoms with van der Waals surface area (Å²) in [5.41, 5.74) is 0. The number of hydrogen-bond donors (Lipinski definition) is 1. The van der Waals surface area contributed by atoms with Crippen LogP contribution in [-0.2, 0) is 11.2 Å². The molecule has 1 aromatic heterocycles. The minimum atomic E-state index is 0. The van der Waals surface area contributed by atoms with Gasteiger partial charge in [0.25, 0.3) is 0 Å². The first kappa shape index (κ1) is 21.9. The van der Waals surface area contributed by atoms with Crippen LogP contribution in [0.15, 0.2) is 27.8 Å². The summed E-state index contributed by atoms with van der Waals surface area (Å²) < 4.78 is 11.5. The van der Waals surface area contributed by atoms with E-state index in [1.165, 1.54) is 44.9 Å². The fourth-order valence-corrected chi connectivity index (χ4v) is 4.89. The monoisotopic (exact) mass is 501 g/mol. The Labute approximate surface area is 186 Å². The molecule has 28 heavy (non-hydrogen) atoms. The third-order valence-corrected chi connectivity index (χ3v) is 6.47. The molecule has 2 unspecified atom stereocenters. The number of guanidine groups is 1. The largest absolute Gasteiger partial charge is 0.469 e. The predicted octanol–water partition coefficient (Wildman–Crippen LogP) is 4.47. The predicted molar refractivity (Wildman–Crippen MR) is 123 cm³/mol. The molecular weight excluding hydrogens is 465 g/mol. The van der Waals surface area contributed by atoms with E-state index in [4.69, 9.17) is 14.1 Å². The van der Waals surface area contributed by atoms with Crippen molar-refractivity contribution in [3.8, 4) is 0 Å². The minimum Gasteiger partial charge on any atom is -0.469 e. The lowest BCUT2D eigenvalue weighted by atomic mass is 9.88. The van der Waals surface area contributed by atoms with Crippen LogP contribution in [-0.4, -0.2) is 49.7 Å². The molecule has 0 amide bonds. The van der Waals surface area contributed by atoms with Crippen LogP contribution in [0.3, 0.4) is 0 Å². The van der Waals surface area contributed by atoms with Gasteiger partial charge in [-0.05, 0) is 50.2 Å². The average Bonchev–Trinajstić information content (AvgIpc) is 3.24. The Morgan fingerprint density at radius 3 is 2.86 bits per heavy atom. The van der Waals surface area contributed by atoms with E-state index in [-0.39, 0.29) is 24.0 Å². The highest BCUT2D eigenvalue weighted by atomic mass is 127. The minimum absolute atomic E-state index is 0. The molecule has 0 spiro atoms. The Morgan fingerprint density at radius 2 is 2.04 bits per heavy atom. The van der Waals surface area contributed by atoms with E-state index in [0.29, 0.717) is 12.0 Å². The number of halogens is 1. The second-order valence-electron chi connectivity index (χ2n) is 8.47. The van der Waals surface area contributed by atoms with Crippen molar-refractivity contribution in [2.24, 2.45) is 16.8 Å². The summed E-state index contributed by atoms with van der Waals surface area (Å²) in [5.74, 6) is 3.58. The number of furan rings is 1. The van der Waals surface area contributed by atoms with Crippen molar-refractivity contribution in [1.29, 1.82) is 0 Å². The van der Waals surface area contributed by atoms with E-state index in [1.54, 1.807) is 6.26 Å². The first-order valence-electron chi connectivity index (χ1n) is 11.1. The van der Waals surface area contributed by atoms with E-state index in [0.717, 1.165) is 63.3 Å². The van der Waals surface area contributed by atoms with Crippen LogP contribution in [0.5, 0.6) is 0 Å². The van der Waals surface area contributed by atoms with Gasteiger partial charge >= 0.3 is 0 Å². The molecule has 1 aromatic rings. The zero-order valence-electron chi connectivity index (χ0n) is 17.0. The van der Waals surface area contributed by atoms with E-state index in [9.17, 15) is 0 Å². The Hall–Kier alpha value is -0.760. The molecule has 1 aliphatic carbocycles. The Kier molecular flexibility index (Phi) is 8.96. The molecule has 2 saturated heterocycles. The molecule has 1 N–H and O–H groups in total. The molecule has 4 rings (SSSR count). The molecule has 2 aliphatic heterocycles. The highest BCUT2D eigenvalue weighted by molar-refractivity contribution is 14.0. The number of fused-ring (bicyclic) bond motifs is 1. The molecule has 1 saturated carbocycles. The van der Waals surface area contributed by atoms with Crippen molar-refractivity contribution >= 4 is 29.9 Å². The number of piperidine rings is 1. The van der Waals surface area contributed by atoms with E-state index in [1.807, 2.05) is 12.1 Å². The topological polar surface area (TPSA) is 50.0 Å². The Morgan fingerprint density at radius 1 is 1.14 bits per heavy atom. The Balaban J connectivity index is 0.00000225. The van der Waals surface area contributed by atoms with Gasteiger partial charge in [-0.3, -0.25) is 4.99 Å². The average molecular weight is 501 g/mol. The molecule has 3 aliphatic rings. The van der Waals surface area contributed by atoms with Gasteiger partial charge < -0.3 is 19.4 Å². The van der Waals surface area contributed by atoms with E-state index in [2.05, 4.69) is 10.2 Å². The van der Waals surface area contributed by atoms with Gasteiger partial charge in [-0.2, -0.15) is 0 Å². The number of ether oxygens (including phenoxy) is 1. The standard InChI is InChI=1S/C22H35N3O2.HI/c1-2-6-18(7-3-1)16-24-22(23-12-10-20-9-5-14-26-20)25-13-11-21-19(17-25)8-4-15-27-21;/h5,9,14,18-19,21H,1-4,6-8,10-13,15-17H2,(H,23,24);1H. The van der Waals surface area contributed by atoms with Crippen LogP contribution in [0, 0.1) is 11.8 Å². The van der Waals surface area contributed by atoms with E-state index < -0.39 is 0 Å². The maximum atomic E-state index is 6.00. The maximum Gasteiger partial charge on any atom is 0.193 e. The smallest absolute Gasteiger partial charge is 0.193 e. The van der Waals surface area contributed by atoms with Crippen LogP contribution >= 0.6 is 24.0 Å². The summed E-state index contributed by atoms with van der Waals surface area (Å²) in [5, 5.41) is 3.64. The molecule has 0 bridgehead atoms. The summed E-state index contributed by atoms with van der Waals surface area (Å²) in [4.78, 5) is 7.57. The lowest BCUT2D eigenvalue weighted by molar-refractivity contribution is -0.0559. The molecule has 0 radical (unpaired) electrons. The van der Waals surface area contributed by atoms with Gasteiger partial charge in [0.05, 0.1) is 12.4 Å². The van der Waals surface area contributed by atoms with Crippen LogP contribution < -0.4 is 5.32 Å². The molecule has 5 nitrogen and oxygen atoms in total. The third-order valence-electron chi connectivity index (χ3n) is 6.47. The number of rotatable bonds is 5. The normalized spacial score (nSPS) is 26.4. The molecule has 3 fully saturated rings. The van der Waals surface area contributed by atoms with Gasteiger partial charge in [0.15, 0.2) is 5.96 Å². The molecular formula is C22H36IN3O2. The molecule has 3 heterocycles. The van der Waals surface area contributed by atoms with Gasteiger partial charge in [-0.25, -0.2) is 0 Å². The number of hydrogen-bond acceptors (Lipinski definition) is 3. The van der Waals surface area contributed by atoms with Crippen molar-refractivity contribution in [3.05, 3.63) is 24.2 Å². The first-order chi connectivity index (χ1) is 13.4. The number of nitrogens with zero attached hydrogens (tertiary/aromatic N) is 2. The highest BCUT2D eigenvalue weighted by Gasteiger charge is 2.33. The maximum absolute atomic E-state index is 6.00. The second-order valence-corrected chi connectivity index (χ2v) is 8.47. The van der Waals surface area contributed by atoms with Gasteiger partial charge in [0.2, 0.25) is 0 Å². The fraction of sp³-hybridized carbons (Fsp3) is 0.773. The quantitative estimate of drug-likeness (QED) is 0.368. The van der Waals surface area contributed by atoms with Crippen LogP contribution in [0.25, 0.3) is 0 Å².